The predicted octanol–water partition coefficient (Wildman–Crippen LogP) is 3.39. The second-order valence-corrected chi connectivity index (χ2v) is 6.91. The topological polar surface area (TPSA) is 0 Å². The Kier molecular flexibility index (Phi) is 6.51. The van der Waals surface area contributed by atoms with Gasteiger partial charge in [0.15, 0.2) is 0 Å². The molecule has 1 fully saturated rings. The highest BCUT2D eigenvalue weighted by Gasteiger charge is 2.21. The molecule has 1 heterocycles. The number of hydrogen-bond donors (Lipinski definition) is 0. The van der Waals surface area contributed by atoms with Crippen molar-refractivity contribution >= 4 is 35.3 Å². The summed E-state index contributed by atoms with van der Waals surface area (Å²) in [5.41, 5.74) is 0. The minimum absolute atomic E-state index is 0.860. The van der Waals surface area contributed by atoms with Crippen molar-refractivity contribution in [3.8, 4) is 0 Å². The summed E-state index contributed by atoms with van der Waals surface area (Å²) in [6.45, 7) is 6.07. The summed E-state index contributed by atoms with van der Waals surface area (Å²) in [6.07, 6.45) is 1.99. The van der Waals surface area contributed by atoms with Crippen molar-refractivity contribution in [2.45, 2.75) is 12.2 Å². The van der Waals surface area contributed by atoms with Crippen LogP contribution < -0.4 is 0 Å². The molecule has 13 heavy (non-hydrogen) atoms. The Balaban J connectivity index is 1.84. The Bertz CT molecular complexity index is 143. The van der Waals surface area contributed by atoms with Gasteiger partial charge in [0.05, 0.1) is 0 Å². The van der Waals surface area contributed by atoms with Gasteiger partial charge in [-0.3, -0.25) is 0 Å². The van der Waals surface area contributed by atoms with E-state index in [2.05, 4.69) is 37.0 Å². The number of rotatable bonds is 8. The fraction of sp³-hybridized carbons (Fsp3) is 0.800. The van der Waals surface area contributed by atoms with Gasteiger partial charge in [-0.05, 0) is 17.4 Å². The molecule has 3 heteroatoms. The molecule has 0 radical (unpaired) electrons. The highest BCUT2D eigenvalue weighted by Crippen LogP contribution is 2.33. The van der Waals surface area contributed by atoms with E-state index in [4.69, 9.17) is 0 Å². The Morgan fingerprint density at radius 3 is 2.85 bits per heavy atom. The lowest BCUT2D eigenvalue weighted by molar-refractivity contribution is 0.764. The SMILES string of the molecule is C=CCSCC(C)CSCC1CS1. The van der Waals surface area contributed by atoms with Gasteiger partial charge < -0.3 is 0 Å². The van der Waals surface area contributed by atoms with Gasteiger partial charge in [-0.25, -0.2) is 0 Å². The zero-order valence-corrected chi connectivity index (χ0v) is 10.6. The summed E-state index contributed by atoms with van der Waals surface area (Å²) >= 11 is 6.23. The Morgan fingerprint density at radius 1 is 1.54 bits per heavy atom. The normalized spacial score (nSPS) is 22.7. The molecular formula is C10H18S3. The summed E-state index contributed by atoms with van der Waals surface area (Å²) < 4.78 is 0. The third-order valence-corrected chi connectivity index (χ3v) is 5.65. The maximum Gasteiger partial charge on any atom is 0.0229 e. The molecule has 0 N–H and O–H groups in total. The summed E-state index contributed by atoms with van der Waals surface area (Å²) in [5, 5.41) is 0.998. The minimum Gasteiger partial charge on any atom is -0.161 e. The zero-order valence-electron chi connectivity index (χ0n) is 8.20. The Hall–Kier alpha value is 0.790. The Labute approximate surface area is 94.7 Å². The third kappa shape index (κ3) is 6.81. The van der Waals surface area contributed by atoms with Crippen LogP contribution in [0.15, 0.2) is 12.7 Å². The van der Waals surface area contributed by atoms with Crippen molar-refractivity contribution in [2.75, 3.05) is 28.8 Å². The molecule has 0 spiro atoms. The average molecular weight is 234 g/mol. The van der Waals surface area contributed by atoms with Crippen molar-refractivity contribution in [1.82, 2.24) is 0 Å². The van der Waals surface area contributed by atoms with Crippen LogP contribution in [0.1, 0.15) is 6.92 Å². The van der Waals surface area contributed by atoms with Crippen molar-refractivity contribution in [3.63, 3.8) is 0 Å². The van der Waals surface area contributed by atoms with E-state index in [1.54, 1.807) is 0 Å². The molecule has 76 valence electrons. The molecule has 0 aromatic heterocycles. The van der Waals surface area contributed by atoms with Crippen LogP contribution in [0.2, 0.25) is 0 Å². The van der Waals surface area contributed by atoms with E-state index >= 15 is 0 Å². The van der Waals surface area contributed by atoms with Crippen molar-refractivity contribution < 1.29 is 0 Å². The van der Waals surface area contributed by atoms with Crippen molar-refractivity contribution in [3.05, 3.63) is 12.7 Å². The largest absolute Gasteiger partial charge is 0.161 e. The van der Waals surface area contributed by atoms with E-state index in [0.717, 1.165) is 16.9 Å². The summed E-state index contributed by atoms with van der Waals surface area (Å²) in [7, 11) is 0. The van der Waals surface area contributed by atoms with E-state index < -0.39 is 0 Å². The molecule has 0 bridgehead atoms. The van der Waals surface area contributed by atoms with Crippen LogP contribution in [0.3, 0.4) is 0 Å². The molecule has 0 aromatic rings. The second kappa shape index (κ2) is 7.13. The van der Waals surface area contributed by atoms with Crippen LogP contribution >= 0.6 is 35.3 Å². The van der Waals surface area contributed by atoms with Gasteiger partial charge in [-0.2, -0.15) is 35.3 Å². The van der Waals surface area contributed by atoms with Crippen LogP contribution in [0.5, 0.6) is 0 Å². The molecule has 0 nitrogen and oxygen atoms in total. The average Bonchev–Trinajstić information content (AvgIpc) is 2.89. The third-order valence-electron chi connectivity index (χ3n) is 1.75. The van der Waals surface area contributed by atoms with Crippen LogP contribution in [-0.4, -0.2) is 34.0 Å². The van der Waals surface area contributed by atoms with E-state index in [1.807, 2.05) is 17.8 Å². The molecule has 0 aromatic carbocycles. The first-order valence-electron chi connectivity index (χ1n) is 4.71. The lowest BCUT2D eigenvalue weighted by atomic mass is 10.3. The highest BCUT2D eigenvalue weighted by molar-refractivity contribution is 8.08. The fourth-order valence-electron chi connectivity index (χ4n) is 0.966. The van der Waals surface area contributed by atoms with E-state index in [9.17, 15) is 0 Å². The minimum atomic E-state index is 0.860. The summed E-state index contributed by atoms with van der Waals surface area (Å²) in [6, 6.07) is 0. The van der Waals surface area contributed by atoms with Crippen molar-refractivity contribution in [1.29, 1.82) is 0 Å². The summed E-state index contributed by atoms with van der Waals surface area (Å²) in [5.74, 6) is 7.37. The first kappa shape index (κ1) is 11.9. The molecule has 0 amide bonds. The smallest absolute Gasteiger partial charge is 0.0229 e. The molecule has 1 aliphatic heterocycles. The monoisotopic (exact) mass is 234 g/mol. The van der Waals surface area contributed by atoms with Gasteiger partial charge >= 0.3 is 0 Å². The van der Waals surface area contributed by atoms with E-state index in [-0.39, 0.29) is 0 Å². The molecule has 2 atom stereocenters. The standard InChI is InChI=1S/C10H18S3/c1-3-4-11-5-9(2)6-12-7-10-8-13-10/h3,9-10H,1,4-8H2,2H3. The second-order valence-electron chi connectivity index (χ2n) is 3.42. The molecule has 0 saturated carbocycles. The molecule has 1 aliphatic rings. The number of thioether (sulfide) groups is 3. The maximum absolute atomic E-state index is 3.72. The van der Waals surface area contributed by atoms with Gasteiger partial charge in [0.25, 0.3) is 0 Å². The van der Waals surface area contributed by atoms with Gasteiger partial charge in [0.1, 0.15) is 0 Å². The molecule has 2 unspecified atom stereocenters. The highest BCUT2D eigenvalue weighted by atomic mass is 32.2. The molecule has 1 saturated heterocycles. The van der Waals surface area contributed by atoms with Gasteiger partial charge in [-0.1, -0.05) is 13.0 Å². The molecule has 1 rings (SSSR count). The van der Waals surface area contributed by atoms with Crippen LogP contribution in [0, 0.1) is 5.92 Å². The first-order valence-corrected chi connectivity index (χ1v) is 8.06. The zero-order chi connectivity index (χ0) is 9.52. The van der Waals surface area contributed by atoms with Gasteiger partial charge in [-0.15, -0.1) is 6.58 Å². The quantitative estimate of drug-likeness (QED) is 0.359. The molecule has 0 aliphatic carbocycles. The first-order chi connectivity index (χ1) is 6.33. The van der Waals surface area contributed by atoms with E-state index in [0.29, 0.717) is 0 Å². The predicted molar refractivity (Wildman–Crippen MR) is 70.3 cm³/mol. The Morgan fingerprint density at radius 2 is 2.23 bits per heavy atom. The number of hydrogen-bond acceptors (Lipinski definition) is 3. The van der Waals surface area contributed by atoms with Gasteiger partial charge in [0.2, 0.25) is 0 Å². The summed E-state index contributed by atoms with van der Waals surface area (Å²) in [4.78, 5) is 0. The van der Waals surface area contributed by atoms with Gasteiger partial charge in [0, 0.05) is 22.5 Å². The lowest BCUT2D eigenvalue weighted by Gasteiger charge is -2.08. The van der Waals surface area contributed by atoms with E-state index in [1.165, 1.54) is 23.0 Å². The van der Waals surface area contributed by atoms with Crippen LogP contribution in [0.25, 0.3) is 0 Å². The fourth-order valence-corrected chi connectivity index (χ4v) is 4.05. The lowest BCUT2D eigenvalue weighted by Crippen LogP contribution is -2.03. The van der Waals surface area contributed by atoms with Crippen LogP contribution in [-0.2, 0) is 0 Å². The molecular weight excluding hydrogens is 216 g/mol. The maximum atomic E-state index is 3.72. The van der Waals surface area contributed by atoms with Crippen LogP contribution in [0.4, 0.5) is 0 Å². The van der Waals surface area contributed by atoms with Crippen molar-refractivity contribution in [2.24, 2.45) is 5.92 Å².